The summed E-state index contributed by atoms with van der Waals surface area (Å²) in [4.78, 5) is 26.2. The Hall–Kier alpha value is -3.03. The van der Waals surface area contributed by atoms with Crippen molar-refractivity contribution >= 4 is 17.2 Å². The minimum atomic E-state index is -0.865. The molecule has 0 atom stereocenters. The maximum absolute atomic E-state index is 11.2. The van der Waals surface area contributed by atoms with Crippen LogP contribution in [0.2, 0.25) is 0 Å². The third kappa shape index (κ3) is 2.55. The second-order valence-electron chi connectivity index (χ2n) is 5.91. The van der Waals surface area contributed by atoms with E-state index in [1.54, 1.807) is 12.1 Å². The molecule has 3 heterocycles. The molecular weight excluding hydrogens is 312 g/mol. The summed E-state index contributed by atoms with van der Waals surface area (Å²) < 4.78 is 6.98. The fourth-order valence-corrected chi connectivity index (χ4v) is 3.12. The molecule has 0 bridgehead atoms. The number of carbonyl (C=O) groups is 1. The van der Waals surface area contributed by atoms with Crippen LogP contribution in [0.5, 0.6) is 0 Å². The molecule has 124 valence electrons. The summed E-state index contributed by atoms with van der Waals surface area (Å²) in [7, 11) is 0. The number of nitrogens with one attached hydrogen (secondary N) is 1. The van der Waals surface area contributed by atoms with Gasteiger partial charge in [0.2, 0.25) is 0 Å². The third-order valence-electron chi connectivity index (χ3n) is 4.43. The Morgan fingerprint density at radius 2 is 2.08 bits per heavy atom. The van der Waals surface area contributed by atoms with E-state index in [1.165, 1.54) is 4.90 Å². The number of likely N-dealkylation sites (tertiary alicyclic amines) is 1. The average molecular weight is 328 g/mol. The van der Waals surface area contributed by atoms with Crippen molar-refractivity contribution in [1.82, 2.24) is 19.7 Å². The molecule has 8 heteroatoms. The largest absolute Gasteiger partial charge is 0.465 e. The molecule has 2 aromatic heterocycles. The molecule has 0 spiro atoms. The summed E-state index contributed by atoms with van der Waals surface area (Å²) in [6.45, 7) is 1.05. The Labute approximate surface area is 136 Å². The molecule has 0 aliphatic carbocycles. The lowest BCUT2D eigenvalue weighted by molar-refractivity contribution is 0.124. The van der Waals surface area contributed by atoms with Gasteiger partial charge in [-0.25, -0.2) is 9.59 Å². The monoisotopic (exact) mass is 328 g/mol. The van der Waals surface area contributed by atoms with Crippen LogP contribution in [0.3, 0.4) is 0 Å². The standard InChI is InChI=1S/C16H16N4O4/c21-15-17-13-2-1-10(9-14(13)24-15)12-5-8-20(18-12)11-3-6-19(7-4-11)16(22)23/h1-2,5,8-9,11H,3-4,6-7H2,(H,17,21)(H,22,23). The van der Waals surface area contributed by atoms with E-state index in [0.717, 1.165) is 24.1 Å². The van der Waals surface area contributed by atoms with Gasteiger partial charge in [0.15, 0.2) is 5.58 Å². The molecule has 4 rings (SSSR count). The maximum atomic E-state index is 11.2. The molecule has 1 saturated heterocycles. The number of hydrogen-bond acceptors (Lipinski definition) is 4. The van der Waals surface area contributed by atoms with E-state index >= 15 is 0 Å². The summed E-state index contributed by atoms with van der Waals surface area (Å²) in [6.07, 6.45) is 2.54. The number of oxazole rings is 1. The number of rotatable bonds is 2. The Bertz CT molecular complexity index is 946. The first-order chi connectivity index (χ1) is 11.6. The molecule has 0 radical (unpaired) electrons. The van der Waals surface area contributed by atoms with Gasteiger partial charge in [-0.2, -0.15) is 5.10 Å². The van der Waals surface area contributed by atoms with Crippen molar-refractivity contribution < 1.29 is 14.3 Å². The summed E-state index contributed by atoms with van der Waals surface area (Å²) in [5, 5.41) is 13.6. The molecule has 1 fully saturated rings. The van der Waals surface area contributed by atoms with Crippen molar-refractivity contribution in [3.63, 3.8) is 0 Å². The van der Waals surface area contributed by atoms with Gasteiger partial charge in [-0.05, 0) is 31.0 Å². The number of hydrogen-bond donors (Lipinski definition) is 2. The molecule has 8 nitrogen and oxygen atoms in total. The maximum Gasteiger partial charge on any atom is 0.417 e. The van der Waals surface area contributed by atoms with Crippen LogP contribution in [-0.4, -0.2) is 44.0 Å². The van der Waals surface area contributed by atoms with E-state index in [0.29, 0.717) is 24.2 Å². The summed E-state index contributed by atoms with van der Waals surface area (Å²) in [5.41, 5.74) is 2.82. The molecule has 0 unspecified atom stereocenters. The highest BCUT2D eigenvalue weighted by atomic mass is 16.4. The quantitative estimate of drug-likeness (QED) is 0.751. The molecule has 3 aromatic rings. The molecule has 1 aliphatic rings. The van der Waals surface area contributed by atoms with E-state index in [4.69, 9.17) is 9.52 Å². The molecule has 1 amide bonds. The second kappa shape index (κ2) is 5.55. The van der Waals surface area contributed by atoms with Crippen molar-refractivity contribution in [2.24, 2.45) is 0 Å². The number of aromatic amines is 1. The van der Waals surface area contributed by atoms with Gasteiger partial charge in [0.1, 0.15) is 0 Å². The topological polar surface area (TPSA) is 104 Å². The summed E-state index contributed by atoms with van der Waals surface area (Å²) in [6, 6.07) is 7.57. The number of carboxylic acid groups (broad SMARTS) is 1. The first-order valence-electron chi connectivity index (χ1n) is 7.76. The summed E-state index contributed by atoms with van der Waals surface area (Å²) in [5.74, 6) is -0.474. The van der Waals surface area contributed by atoms with Crippen molar-refractivity contribution in [2.45, 2.75) is 18.9 Å². The minimum absolute atomic E-state index is 0.197. The minimum Gasteiger partial charge on any atom is -0.465 e. The first-order valence-corrected chi connectivity index (χ1v) is 7.76. The fourth-order valence-electron chi connectivity index (χ4n) is 3.12. The van der Waals surface area contributed by atoms with Crippen molar-refractivity contribution in [2.75, 3.05) is 13.1 Å². The van der Waals surface area contributed by atoms with Gasteiger partial charge in [-0.15, -0.1) is 0 Å². The molecule has 2 N–H and O–H groups in total. The predicted octanol–water partition coefficient (Wildman–Crippen LogP) is 2.30. The van der Waals surface area contributed by atoms with E-state index in [9.17, 15) is 9.59 Å². The molecule has 24 heavy (non-hydrogen) atoms. The number of H-pyrrole nitrogens is 1. The van der Waals surface area contributed by atoms with Crippen LogP contribution in [0.4, 0.5) is 4.79 Å². The van der Waals surface area contributed by atoms with Crippen LogP contribution in [0.25, 0.3) is 22.4 Å². The van der Waals surface area contributed by atoms with Crippen molar-refractivity contribution in [3.05, 3.63) is 41.0 Å². The number of nitrogens with zero attached hydrogens (tertiary/aromatic N) is 3. The van der Waals surface area contributed by atoms with Crippen molar-refractivity contribution in [1.29, 1.82) is 0 Å². The Balaban J connectivity index is 1.55. The van der Waals surface area contributed by atoms with E-state index < -0.39 is 11.8 Å². The van der Waals surface area contributed by atoms with Crippen molar-refractivity contribution in [3.8, 4) is 11.3 Å². The van der Waals surface area contributed by atoms with Crippen LogP contribution in [0.15, 0.2) is 39.7 Å². The molecule has 1 aromatic carbocycles. The smallest absolute Gasteiger partial charge is 0.417 e. The zero-order valence-corrected chi connectivity index (χ0v) is 12.8. The Morgan fingerprint density at radius 3 is 2.83 bits per heavy atom. The highest BCUT2D eigenvalue weighted by Crippen LogP contribution is 2.26. The van der Waals surface area contributed by atoms with Crippen LogP contribution >= 0.6 is 0 Å². The predicted molar refractivity (Wildman–Crippen MR) is 85.9 cm³/mol. The van der Waals surface area contributed by atoms with E-state index in [-0.39, 0.29) is 6.04 Å². The zero-order valence-electron chi connectivity index (χ0n) is 12.8. The van der Waals surface area contributed by atoms with Gasteiger partial charge < -0.3 is 14.4 Å². The first kappa shape index (κ1) is 14.6. The normalized spacial score (nSPS) is 15.9. The third-order valence-corrected chi connectivity index (χ3v) is 4.43. The Morgan fingerprint density at radius 1 is 1.29 bits per heavy atom. The number of benzene rings is 1. The van der Waals surface area contributed by atoms with Crippen LogP contribution < -0.4 is 5.76 Å². The Kier molecular flexibility index (Phi) is 3.37. The fraction of sp³-hybridized carbons (Fsp3) is 0.312. The second-order valence-corrected chi connectivity index (χ2v) is 5.91. The molecular formula is C16H16N4O4. The SMILES string of the molecule is O=C(O)N1CCC(n2ccc(-c3ccc4[nH]c(=O)oc4c3)n2)CC1. The van der Waals surface area contributed by atoms with E-state index in [1.807, 2.05) is 23.0 Å². The molecule has 0 saturated carbocycles. The number of aromatic nitrogens is 3. The van der Waals surface area contributed by atoms with Crippen LogP contribution in [0, 0.1) is 0 Å². The zero-order chi connectivity index (χ0) is 16.7. The lowest BCUT2D eigenvalue weighted by Crippen LogP contribution is -2.38. The lowest BCUT2D eigenvalue weighted by Gasteiger charge is -2.30. The number of piperidine rings is 1. The lowest BCUT2D eigenvalue weighted by atomic mass is 10.1. The van der Waals surface area contributed by atoms with Crippen LogP contribution in [-0.2, 0) is 0 Å². The van der Waals surface area contributed by atoms with Gasteiger partial charge >= 0.3 is 11.8 Å². The van der Waals surface area contributed by atoms with Gasteiger partial charge in [0, 0.05) is 24.8 Å². The highest BCUT2D eigenvalue weighted by molar-refractivity contribution is 5.78. The van der Waals surface area contributed by atoms with Crippen LogP contribution in [0.1, 0.15) is 18.9 Å². The van der Waals surface area contributed by atoms with Gasteiger partial charge in [-0.3, -0.25) is 9.67 Å². The highest BCUT2D eigenvalue weighted by Gasteiger charge is 2.24. The molecule has 1 aliphatic heterocycles. The van der Waals surface area contributed by atoms with Gasteiger partial charge in [0.25, 0.3) is 0 Å². The average Bonchev–Trinajstić information content (AvgIpc) is 3.19. The van der Waals surface area contributed by atoms with Gasteiger partial charge in [0.05, 0.1) is 17.3 Å². The summed E-state index contributed by atoms with van der Waals surface area (Å²) >= 11 is 0. The van der Waals surface area contributed by atoms with E-state index in [2.05, 4.69) is 10.1 Å². The number of fused-ring (bicyclic) bond motifs is 1. The van der Waals surface area contributed by atoms with Gasteiger partial charge in [-0.1, -0.05) is 6.07 Å². The number of amides is 1.